The van der Waals surface area contributed by atoms with Crippen molar-refractivity contribution in [1.29, 1.82) is 0 Å². The number of nitrogens with zero attached hydrogens (tertiary/aromatic N) is 4. The molecule has 0 atom stereocenters. The fourth-order valence-electron chi connectivity index (χ4n) is 1.95. The predicted molar refractivity (Wildman–Crippen MR) is 72.2 cm³/mol. The van der Waals surface area contributed by atoms with E-state index in [1.54, 1.807) is 19.4 Å². The Hall–Kier alpha value is -1.33. The summed E-state index contributed by atoms with van der Waals surface area (Å²) in [6, 6.07) is 1.75. The minimum absolute atomic E-state index is 0.594. The monoisotopic (exact) mass is 268 g/mol. The van der Waals surface area contributed by atoms with E-state index in [-0.39, 0.29) is 0 Å². The highest BCUT2D eigenvalue weighted by atomic mass is 35.5. The number of rotatable bonds is 4. The normalized spacial score (nSPS) is 16.7. The number of hydrogen-bond acceptors (Lipinski definition) is 5. The van der Waals surface area contributed by atoms with Crippen LogP contribution in [0.15, 0.2) is 23.9 Å². The van der Waals surface area contributed by atoms with Gasteiger partial charge < -0.3 is 9.64 Å². The number of anilines is 1. The highest BCUT2D eigenvalue weighted by molar-refractivity contribution is 6.29. The van der Waals surface area contributed by atoms with E-state index >= 15 is 0 Å². The lowest BCUT2D eigenvalue weighted by molar-refractivity contribution is 0.280. The molecule has 0 amide bonds. The second-order valence-corrected chi connectivity index (χ2v) is 4.71. The molecule has 0 aromatic carbocycles. The molecule has 0 saturated carbocycles. The van der Waals surface area contributed by atoms with Gasteiger partial charge in [-0.15, -0.1) is 0 Å². The van der Waals surface area contributed by atoms with Crippen molar-refractivity contribution >= 4 is 17.5 Å². The number of methoxy groups -OCH3 is 1. The summed E-state index contributed by atoms with van der Waals surface area (Å²) in [6.07, 6.45) is 1.72. The number of halogens is 1. The van der Waals surface area contributed by atoms with Gasteiger partial charge in [0.25, 0.3) is 0 Å². The largest absolute Gasteiger partial charge is 0.481 e. The first-order valence-electron chi connectivity index (χ1n) is 5.86. The van der Waals surface area contributed by atoms with Gasteiger partial charge in [-0.25, -0.2) is 4.98 Å². The van der Waals surface area contributed by atoms with E-state index in [0.29, 0.717) is 10.9 Å². The van der Waals surface area contributed by atoms with Crippen LogP contribution >= 0.6 is 11.6 Å². The Kier molecular flexibility index (Phi) is 4.38. The molecule has 0 bridgehead atoms. The quantitative estimate of drug-likeness (QED) is 0.825. The van der Waals surface area contributed by atoms with Gasteiger partial charge in [0.1, 0.15) is 0 Å². The maximum absolute atomic E-state index is 5.81. The third-order valence-corrected chi connectivity index (χ3v) is 3.00. The third kappa shape index (κ3) is 3.34. The first-order valence-corrected chi connectivity index (χ1v) is 6.24. The molecule has 6 heteroatoms. The summed E-state index contributed by atoms with van der Waals surface area (Å²) in [5.41, 5.74) is 0. The van der Waals surface area contributed by atoms with Crippen LogP contribution in [-0.4, -0.2) is 54.7 Å². The van der Waals surface area contributed by atoms with Crippen molar-refractivity contribution in [2.75, 3.05) is 44.7 Å². The van der Waals surface area contributed by atoms with Crippen LogP contribution in [0, 0.1) is 0 Å². The number of aromatic nitrogens is 2. The SMILES string of the molecule is C=C(Cl)CN1CCN(c2nccc(OC)n2)CC1. The first-order chi connectivity index (χ1) is 8.69. The van der Waals surface area contributed by atoms with E-state index in [1.807, 2.05) is 0 Å². The summed E-state index contributed by atoms with van der Waals surface area (Å²) >= 11 is 5.81. The molecular weight excluding hydrogens is 252 g/mol. The molecule has 1 aliphatic rings. The lowest BCUT2D eigenvalue weighted by Gasteiger charge is -2.34. The smallest absolute Gasteiger partial charge is 0.228 e. The van der Waals surface area contributed by atoms with Crippen molar-refractivity contribution in [3.05, 3.63) is 23.9 Å². The van der Waals surface area contributed by atoms with E-state index in [4.69, 9.17) is 16.3 Å². The lowest BCUT2D eigenvalue weighted by atomic mass is 10.3. The van der Waals surface area contributed by atoms with Crippen LogP contribution in [0.3, 0.4) is 0 Å². The van der Waals surface area contributed by atoms with Gasteiger partial charge in [0, 0.05) is 50.0 Å². The lowest BCUT2D eigenvalue weighted by Crippen LogP contribution is -2.47. The van der Waals surface area contributed by atoms with Crippen molar-refractivity contribution in [3.8, 4) is 5.88 Å². The maximum Gasteiger partial charge on any atom is 0.228 e. The fraction of sp³-hybridized carbons (Fsp3) is 0.500. The fourth-order valence-corrected chi connectivity index (χ4v) is 2.12. The average Bonchev–Trinajstić information content (AvgIpc) is 2.39. The second-order valence-electron chi connectivity index (χ2n) is 4.18. The van der Waals surface area contributed by atoms with E-state index in [2.05, 4.69) is 26.3 Å². The van der Waals surface area contributed by atoms with Gasteiger partial charge >= 0.3 is 0 Å². The molecule has 1 aromatic heterocycles. The van der Waals surface area contributed by atoms with Crippen molar-refractivity contribution in [2.24, 2.45) is 0 Å². The molecule has 0 radical (unpaired) electrons. The summed E-state index contributed by atoms with van der Waals surface area (Å²) in [4.78, 5) is 13.0. The molecule has 1 aromatic rings. The highest BCUT2D eigenvalue weighted by Crippen LogP contribution is 2.15. The molecule has 1 aliphatic heterocycles. The molecule has 0 spiro atoms. The predicted octanol–water partition coefficient (Wildman–Crippen LogP) is 1.36. The number of hydrogen-bond donors (Lipinski definition) is 0. The van der Waals surface area contributed by atoms with Crippen LogP contribution in [0.4, 0.5) is 5.95 Å². The standard InChI is InChI=1S/C12H17ClN4O/c1-10(13)9-16-5-7-17(8-6-16)12-14-4-3-11(15-12)18-2/h3-4H,1,5-9H2,2H3. The molecule has 0 N–H and O–H groups in total. The summed E-state index contributed by atoms with van der Waals surface area (Å²) in [5.74, 6) is 1.32. The van der Waals surface area contributed by atoms with Crippen LogP contribution < -0.4 is 9.64 Å². The Bertz CT molecular complexity index is 418. The number of piperazine rings is 1. The molecule has 98 valence electrons. The van der Waals surface area contributed by atoms with Gasteiger partial charge in [0.15, 0.2) is 0 Å². The highest BCUT2D eigenvalue weighted by Gasteiger charge is 2.19. The zero-order valence-electron chi connectivity index (χ0n) is 10.5. The van der Waals surface area contributed by atoms with Crippen LogP contribution in [0.1, 0.15) is 0 Å². The van der Waals surface area contributed by atoms with Gasteiger partial charge in [-0.2, -0.15) is 4.98 Å². The Morgan fingerprint density at radius 2 is 2.17 bits per heavy atom. The Labute approximate surface area is 112 Å². The summed E-state index contributed by atoms with van der Waals surface area (Å²) in [5, 5.41) is 0.682. The van der Waals surface area contributed by atoms with Crippen molar-refractivity contribution < 1.29 is 4.74 Å². The van der Waals surface area contributed by atoms with E-state index in [0.717, 1.165) is 38.7 Å². The first kappa shape index (κ1) is 13.1. The van der Waals surface area contributed by atoms with Gasteiger partial charge in [0.2, 0.25) is 11.8 Å². The summed E-state index contributed by atoms with van der Waals surface area (Å²) in [6.45, 7) is 8.11. The van der Waals surface area contributed by atoms with Crippen LogP contribution in [0.25, 0.3) is 0 Å². The van der Waals surface area contributed by atoms with Gasteiger partial charge in [0.05, 0.1) is 7.11 Å². The third-order valence-electron chi connectivity index (χ3n) is 2.88. The molecule has 2 rings (SSSR count). The van der Waals surface area contributed by atoms with Gasteiger partial charge in [-0.05, 0) is 0 Å². The molecule has 1 fully saturated rings. The van der Waals surface area contributed by atoms with Crippen molar-refractivity contribution in [2.45, 2.75) is 0 Å². The second kappa shape index (κ2) is 6.02. The van der Waals surface area contributed by atoms with E-state index < -0.39 is 0 Å². The van der Waals surface area contributed by atoms with Crippen LogP contribution in [0.5, 0.6) is 5.88 Å². The molecule has 2 heterocycles. The minimum atomic E-state index is 0.594. The Morgan fingerprint density at radius 1 is 1.44 bits per heavy atom. The summed E-state index contributed by atoms with van der Waals surface area (Å²) < 4.78 is 5.10. The zero-order chi connectivity index (χ0) is 13.0. The molecule has 1 saturated heterocycles. The summed E-state index contributed by atoms with van der Waals surface area (Å²) in [7, 11) is 1.61. The zero-order valence-corrected chi connectivity index (χ0v) is 11.2. The number of ether oxygens (including phenoxy) is 1. The molecule has 5 nitrogen and oxygen atoms in total. The maximum atomic E-state index is 5.81. The van der Waals surface area contributed by atoms with Crippen LogP contribution in [-0.2, 0) is 0 Å². The molecule has 0 unspecified atom stereocenters. The Morgan fingerprint density at radius 3 is 2.78 bits per heavy atom. The minimum Gasteiger partial charge on any atom is -0.481 e. The topological polar surface area (TPSA) is 41.5 Å². The van der Waals surface area contributed by atoms with E-state index in [9.17, 15) is 0 Å². The van der Waals surface area contributed by atoms with Gasteiger partial charge in [-0.1, -0.05) is 18.2 Å². The van der Waals surface area contributed by atoms with Crippen molar-refractivity contribution in [1.82, 2.24) is 14.9 Å². The van der Waals surface area contributed by atoms with E-state index in [1.165, 1.54) is 0 Å². The Balaban J connectivity index is 1.94. The average molecular weight is 269 g/mol. The van der Waals surface area contributed by atoms with Crippen LogP contribution in [0.2, 0.25) is 0 Å². The molecule has 0 aliphatic carbocycles. The van der Waals surface area contributed by atoms with Gasteiger partial charge in [-0.3, -0.25) is 4.90 Å². The molecular formula is C12H17ClN4O. The molecule has 18 heavy (non-hydrogen) atoms. The van der Waals surface area contributed by atoms with Crippen molar-refractivity contribution in [3.63, 3.8) is 0 Å².